The first-order valence-corrected chi connectivity index (χ1v) is 9.40. The fourth-order valence-corrected chi connectivity index (χ4v) is 2.67. The Morgan fingerprint density at radius 1 is 1.37 bits per heavy atom. The molecule has 0 aliphatic heterocycles. The first kappa shape index (κ1) is 18.1. The monoisotopic (exact) mass is 286 g/mol. The number of allylic oxidation sites excluding steroid dienone is 3. The molecule has 19 heavy (non-hydrogen) atoms. The Bertz CT molecular complexity index is 354. The van der Waals surface area contributed by atoms with Crippen LogP contribution in [0.25, 0.3) is 0 Å². The smallest absolute Gasteiger partial charge is 0.192 e. The summed E-state index contributed by atoms with van der Waals surface area (Å²) in [5.74, 6) is -0.486. The van der Waals surface area contributed by atoms with E-state index in [2.05, 4.69) is 47.0 Å². The predicted molar refractivity (Wildman–Crippen MR) is 82.2 cm³/mol. The van der Waals surface area contributed by atoms with Gasteiger partial charge in [0.25, 0.3) is 0 Å². The fraction of sp³-hybridized carbons (Fsp3) is 0.600. The molecule has 0 aliphatic rings. The van der Waals surface area contributed by atoms with Crippen LogP contribution in [0.15, 0.2) is 36.9 Å². The molecule has 0 heterocycles. The van der Waals surface area contributed by atoms with Gasteiger partial charge in [-0.05, 0) is 31.1 Å². The Balaban J connectivity index is 4.49. The van der Waals surface area contributed by atoms with Gasteiger partial charge in [0, 0.05) is 0 Å². The summed E-state index contributed by atoms with van der Waals surface area (Å²) in [4.78, 5) is 0. The SMILES string of the molecule is C=C/C=C(/OC[C@@H](C)O[Si](C)(C)C(C)(C)C)C(=C)F. The summed E-state index contributed by atoms with van der Waals surface area (Å²) >= 11 is 0. The van der Waals surface area contributed by atoms with Crippen molar-refractivity contribution in [2.24, 2.45) is 0 Å². The maximum Gasteiger partial charge on any atom is 0.192 e. The van der Waals surface area contributed by atoms with Gasteiger partial charge in [0.2, 0.25) is 0 Å². The van der Waals surface area contributed by atoms with Crippen LogP contribution in [0.2, 0.25) is 18.1 Å². The molecule has 4 heteroatoms. The van der Waals surface area contributed by atoms with E-state index in [4.69, 9.17) is 9.16 Å². The number of hydrogen-bond acceptors (Lipinski definition) is 2. The van der Waals surface area contributed by atoms with Gasteiger partial charge >= 0.3 is 0 Å². The van der Waals surface area contributed by atoms with Crippen LogP contribution in [0, 0.1) is 0 Å². The van der Waals surface area contributed by atoms with E-state index in [0.717, 1.165) is 0 Å². The molecule has 0 saturated carbocycles. The quantitative estimate of drug-likeness (QED) is 0.374. The first-order chi connectivity index (χ1) is 8.51. The minimum atomic E-state index is -1.82. The second kappa shape index (κ2) is 7.06. The molecule has 0 aromatic heterocycles. The zero-order valence-electron chi connectivity index (χ0n) is 13.0. The molecule has 0 amide bonds. The van der Waals surface area contributed by atoms with Crippen LogP contribution in [0.4, 0.5) is 4.39 Å². The highest BCUT2D eigenvalue weighted by Gasteiger charge is 2.38. The van der Waals surface area contributed by atoms with Gasteiger partial charge in [-0.15, -0.1) is 0 Å². The van der Waals surface area contributed by atoms with E-state index in [-0.39, 0.29) is 16.9 Å². The molecular weight excluding hydrogens is 259 g/mol. The molecule has 0 rings (SSSR count). The van der Waals surface area contributed by atoms with Crippen molar-refractivity contribution in [1.82, 2.24) is 0 Å². The lowest BCUT2D eigenvalue weighted by atomic mass is 10.2. The topological polar surface area (TPSA) is 18.5 Å². The van der Waals surface area contributed by atoms with Crippen molar-refractivity contribution < 1.29 is 13.6 Å². The molecule has 0 aliphatic carbocycles. The summed E-state index contributed by atoms with van der Waals surface area (Å²) in [5.41, 5.74) is 0. The maximum atomic E-state index is 13.1. The molecule has 0 saturated heterocycles. The van der Waals surface area contributed by atoms with Gasteiger partial charge in [-0.1, -0.05) is 40.0 Å². The first-order valence-electron chi connectivity index (χ1n) is 6.49. The van der Waals surface area contributed by atoms with E-state index in [0.29, 0.717) is 6.61 Å². The predicted octanol–water partition coefficient (Wildman–Crippen LogP) is 4.97. The van der Waals surface area contributed by atoms with Crippen molar-refractivity contribution in [3.63, 3.8) is 0 Å². The van der Waals surface area contributed by atoms with Gasteiger partial charge in [-0.25, -0.2) is 4.39 Å². The second-order valence-corrected chi connectivity index (χ2v) is 10.9. The number of hydrogen-bond donors (Lipinski definition) is 0. The molecule has 0 aromatic carbocycles. The maximum absolute atomic E-state index is 13.1. The van der Waals surface area contributed by atoms with Crippen molar-refractivity contribution in [3.8, 4) is 0 Å². The van der Waals surface area contributed by atoms with Crippen LogP contribution in [0.3, 0.4) is 0 Å². The summed E-state index contributed by atoms with van der Waals surface area (Å²) in [5, 5.41) is 0.144. The fourth-order valence-electron chi connectivity index (χ4n) is 1.24. The highest BCUT2D eigenvalue weighted by atomic mass is 28.4. The van der Waals surface area contributed by atoms with Crippen LogP contribution >= 0.6 is 0 Å². The molecule has 0 radical (unpaired) electrons. The Hall–Kier alpha value is -0.873. The largest absolute Gasteiger partial charge is 0.488 e. The van der Waals surface area contributed by atoms with Gasteiger partial charge < -0.3 is 9.16 Å². The van der Waals surface area contributed by atoms with Crippen LogP contribution in [-0.4, -0.2) is 21.0 Å². The van der Waals surface area contributed by atoms with E-state index < -0.39 is 14.1 Å². The Morgan fingerprint density at radius 3 is 2.26 bits per heavy atom. The zero-order chi connectivity index (χ0) is 15.3. The molecule has 110 valence electrons. The zero-order valence-corrected chi connectivity index (χ0v) is 14.0. The summed E-state index contributed by atoms with van der Waals surface area (Å²) in [6.45, 7) is 19.9. The van der Waals surface area contributed by atoms with Crippen molar-refractivity contribution >= 4 is 8.32 Å². The number of ether oxygens (including phenoxy) is 1. The van der Waals surface area contributed by atoms with E-state index in [1.807, 2.05) is 6.92 Å². The molecule has 0 spiro atoms. The molecule has 0 N–H and O–H groups in total. The van der Waals surface area contributed by atoms with Crippen molar-refractivity contribution in [1.29, 1.82) is 0 Å². The molecule has 2 nitrogen and oxygen atoms in total. The standard InChI is InChI=1S/C15H27FO2Si/c1-9-10-14(13(3)16)17-11-12(2)18-19(7,8)15(4,5)6/h9-10,12H,1,3,11H2,2,4-8H3/b14-10+/t12-/m1/s1. The normalized spacial score (nSPS) is 15.0. The number of rotatable bonds is 7. The molecular formula is C15H27FO2Si. The van der Waals surface area contributed by atoms with E-state index in [1.165, 1.54) is 12.2 Å². The summed E-state index contributed by atoms with van der Waals surface area (Å²) < 4.78 is 24.6. The average Bonchev–Trinajstić information content (AvgIpc) is 2.21. The van der Waals surface area contributed by atoms with E-state index in [9.17, 15) is 4.39 Å². The lowest BCUT2D eigenvalue weighted by Crippen LogP contribution is -2.44. The summed E-state index contributed by atoms with van der Waals surface area (Å²) in [7, 11) is -1.82. The highest BCUT2D eigenvalue weighted by Crippen LogP contribution is 2.37. The third-order valence-electron chi connectivity index (χ3n) is 3.31. The van der Waals surface area contributed by atoms with Gasteiger partial charge in [0.1, 0.15) is 6.61 Å². The van der Waals surface area contributed by atoms with Crippen molar-refractivity contribution in [2.45, 2.75) is 51.9 Å². The van der Waals surface area contributed by atoms with E-state index >= 15 is 0 Å². The third kappa shape index (κ3) is 6.21. The van der Waals surface area contributed by atoms with Crippen LogP contribution < -0.4 is 0 Å². The Kier molecular flexibility index (Phi) is 6.73. The van der Waals surface area contributed by atoms with Gasteiger partial charge in [0.05, 0.1) is 6.10 Å². The van der Waals surface area contributed by atoms with E-state index in [1.54, 1.807) is 0 Å². The third-order valence-corrected chi connectivity index (χ3v) is 7.92. The Labute approximate surface area is 118 Å². The van der Waals surface area contributed by atoms with Gasteiger partial charge in [-0.3, -0.25) is 0 Å². The minimum absolute atomic E-state index is 0.0894. The lowest BCUT2D eigenvalue weighted by molar-refractivity contribution is 0.0900. The van der Waals surface area contributed by atoms with Crippen LogP contribution in [0.1, 0.15) is 27.7 Å². The molecule has 0 fully saturated rings. The summed E-state index contributed by atoms with van der Waals surface area (Å²) in [6.07, 6.45) is 2.84. The molecule has 0 aromatic rings. The number of halogens is 1. The highest BCUT2D eigenvalue weighted by molar-refractivity contribution is 6.74. The minimum Gasteiger partial charge on any atom is -0.488 e. The Morgan fingerprint density at radius 2 is 1.89 bits per heavy atom. The average molecular weight is 286 g/mol. The van der Waals surface area contributed by atoms with Crippen molar-refractivity contribution in [2.75, 3.05) is 6.61 Å². The molecule has 1 atom stereocenters. The van der Waals surface area contributed by atoms with Crippen LogP contribution in [0.5, 0.6) is 0 Å². The van der Waals surface area contributed by atoms with Gasteiger partial charge in [-0.2, -0.15) is 0 Å². The molecule has 0 bridgehead atoms. The lowest BCUT2D eigenvalue weighted by Gasteiger charge is -2.38. The summed E-state index contributed by atoms with van der Waals surface area (Å²) in [6, 6.07) is 0. The molecule has 0 unspecified atom stereocenters. The van der Waals surface area contributed by atoms with Crippen molar-refractivity contribution in [3.05, 3.63) is 36.9 Å². The van der Waals surface area contributed by atoms with Gasteiger partial charge in [0.15, 0.2) is 19.9 Å². The van der Waals surface area contributed by atoms with Crippen LogP contribution in [-0.2, 0) is 9.16 Å². The second-order valence-electron chi connectivity index (χ2n) is 6.17.